The van der Waals surface area contributed by atoms with E-state index < -0.39 is 17.8 Å². The van der Waals surface area contributed by atoms with E-state index in [4.69, 9.17) is 4.84 Å². The topological polar surface area (TPSA) is 63.7 Å². The maximum atomic E-state index is 12.0. The van der Waals surface area contributed by atoms with Gasteiger partial charge in [-0.25, -0.2) is 4.79 Å². The number of rotatable bonds is 2. The molecule has 1 aliphatic heterocycles. The Morgan fingerprint density at radius 3 is 1.95 bits per heavy atom. The van der Waals surface area contributed by atoms with E-state index in [1.165, 1.54) is 24.3 Å². The zero-order chi connectivity index (χ0) is 15.0. The molecule has 5 nitrogen and oxygen atoms in total. The number of fused-ring (bicyclic) bond motifs is 1. The molecule has 0 fully saturated rings. The number of carbonyl (C=O) groups is 3. The Hall–Kier alpha value is -2.47. The Morgan fingerprint density at radius 2 is 1.43 bits per heavy atom. The standard InChI is InChI=1S/C15H8BrNO4/c16-10-7-5-9(6-8-10)15(20)21-17-13(18)11-3-1-2-4-12(11)14(17)19/h1-8H. The van der Waals surface area contributed by atoms with Crippen molar-refractivity contribution in [2.24, 2.45) is 0 Å². The van der Waals surface area contributed by atoms with Crippen LogP contribution >= 0.6 is 15.9 Å². The minimum absolute atomic E-state index is 0.228. The first-order valence-corrected chi connectivity index (χ1v) is 6.83. The van der Waals surface area contributed by atoms with Crippen LogP contribution in [0.3, 0.4) is 0 Å². The van der Waals surface area contributed by atoms with Crippen LogP contribution in [0.4, 0.5) is 0 Å². The minimum Gasteiger partial charge on any atom is -0.324 e. The van der Waals surface area contributed by atoms with Gasteiger partial charge >= 0.3 is 5.97 Å². The zero-order valence-corrected chi connectivity index (χ0v) is 12.2. The number of benzene rings is 2. The summed E-state index contributed by atoms with van der Waals surface area (Å²) in [5, 5.41) is 0.495. The molecule has 2 aromatic rings. The predicted molar refractivity (Wildman–Crippen MR) is 76.5 cm³/mol. The van der Waals surface area contributed by atoms with Crippen molar-refractivity contribution in [3.05, 3.63) is 69.7 Å². The second-order valence-electron chi connectivity index (χ2n) is 4.34. The van der Waals surface area contributed by atoms with Gasteiger partial charge in [0.05, 0.1) is 16.7 Å². The maximum Gasteiger partial charge on any atom is 0.363 e. The number of hydrogen-bond donors (Lipinski definition) is 0. The van der Waals surface area contributed by atoms with Crippen LogP contribution in [0.5, 0.6) is 0 Å². The fraction of sp³-hybridized carbons (Fsp3) is 0. The molecule has 1 aliphatic rings. The van der Waals surface area contributed by atoms with E-state index in [0.717, 1.165) is 4.47 Å². The van der Waals surface area contributed by atoms with Gasteiger partial charge in [-0.15, -0.1) is 0 Å². The van der Waals surface area contributed by atoms with E-state index in [1.54, 1.807) is 24.3 Å². The first-order valence-electron chi connectivity index (χ1n) is 6.03. The molecule has 0 radical (unpaired) electrons. The molecule has 6 heteroatoms. The van der Waals surface area contributed by atoms with E-state index >= 15 is 0 Å². The van der Waals surface area contributed by atoms with Crippen LogP contribution in [0.1, 0.15) is 31.1 Å². The van der Waals surface area contributed by atoms with Crippen LogP contribution in [-0.4, -0.2) is 22.8 Å². The lowest BCUT2D eigenvalue weighted by molar-refractivity contribution is -0.0584. The van der Waals surface area contributed by atoms with Crippen molar-refractivity contribution in [3.8, 4) is 0 Å². The molecular formula is C15H8BrNO4. The highest BCUT2D eigenvalue weighted by atomic mass is 79.9. The first kappa shape index (κ1) is 13.5. The number of halogens is 1. The highest BCUT2D eigenvalue weighted by molar-refractivity contribution is 9.10. The summed E-state index contributed by atoms with van der Waals surface area (Å²) in [6.07, 6.45) is 0. The largest absolute Gasteiger partial charge is 0.363 e. The lowest BCUT2D eigenvalue weighted by Gasteiger charge is -2.12. The molecule has 0 aliphatic carbocycles. The van der Waals surface area contributed by atoms with Crippen LogP contribution in [-0.2, 0) is 4.84 Å². The second-order valence-corrected chi connectivity index (χ2v) is 5.25. The number of hydrogen-bond acceptors (Lipinski definition) is 4. The molecule has 2 aromatic carbocycles. The Balaban J connectivity index is 1.84. The van der Waals surface area contributed by atoms with Crippen molar-refractivity contribution < 1.29 is 19.2 Å². The van der Waals surface area contributed by atoms with Gasteiger partial charge in [0.15, 0.2) is 0 Å². The minimum atomic E-state index is -0.767. The SMILES string of the molecule is O=C(ON1C(=O)c2ccccc2C1=O)c1ccc(Br)cc1. The summed E-state index contributed by atoms with van der Waals surface area (Å²) in [5.41, 5.74) is 0.701. The number of hydroxylamine groups is 2. The van der Waals surface area contributed by atoms with Gasteiger partial charge < -0.3 is 4.84 Å². The fourth-order valence-corrected chi connectivity index (χ4v) is 2.24. The molecule has 104 valence electrons. The summed E-state index contributed by atoms with van der Waals surface area (Å²) in [4.78, 5) is 41.0. The average Bonchev–Trinajstić information content (AvgIpc) is 2.73. The third-order valence-corrected chi connectivity index (χ3v) is 3.54. The molecule has 1 heterocycles. The molecule has 2 amide bonds. The van der Waals surface area contributed by atoms with Crippen molar-refractivity contribution >= 4 is 33.7 Å². The van der Waals surface area contributed by atoms with E-state index in [1.807, 2.05) is 0 Å². The van der Waals surface area contributed by atoms with Crippen molar-refractivity contribution in [1.82, 2.24) is 5.06 Å². The van der Waals surface area contributed by atoms with E-state index in [2.05, 4.69) is 15.9 Å². The van der Waals surface area contributed by atoms with Crippen molar-refractivity contribution in [1.29, 1.82) is 0 Å². The van der Waals surface area contributed by atoms with Gasteiger partial charge in [0, 0.05) is 4.47 Å². The second kappa shape index (κ2) is 5.14. The van der Waals surface area contributed by atoms with E-state index in [-0.39, 0.29) is 16.7 Å². The summed E-state index contributed by atoms with van der Waals surface area (Å²) in [6, 6.07) is 12.7. The van der Waals surface area contributed by atoms with Gasteiger partial charge in [-0.05, 0) is 36.4 Å². The number of imide groups is 1. The summed E-state index contributed by atoms with van der Waals surface area (Å²) in [5.74, 6) is -2.04. The van der Waals surface area contributed by atoms with Gasteiger partial charge in [0.25, 0.3) is 11.8 Å². The molecule has 21 heavy (non-hydrogen) atoms. The number of carbonyl (C=O) groups excluding carboxylic acids is 3. The summed E-state index contributed by atoms with van der Waals surface area (Å²) >= 11 is 3.25. The van der Waals surface area contributed by atoms with Crippen LogP contribution in [0.15, 0.2) is 53.0 Å². The molecule has 0 saturated heterocycles. The Labute approximate surface area is 128 Å². The molecule has 0 spiro atoms. The van der Waals surface area contributed by atoms with E-state index in [9.17, 15) is 14.4 Å². The highest BCUT2D eigenvalue weighted by Gasteiger charge is 2.38. The summed E-state index contributed by atoms with van der Waals surface area (Å²) in [7, 11) is 0. The van der Waals surface area contributed by atoms with Crippen LogP contribution in [0.25, 0.3) is 0 Å². The molecular weight excluding hydrogens is 338 g/mol. The van der Waals surface area contributed by atoms with Crippen LogP contribution < -0.4 is 0 Å². The average molecular weight is 346 g/mol. The molecule has 3 rings (SSSR count). The Kier molecular flexibility index (Phi) is 3.31. The first-order chi connectivity index (χ1) is 10.1. The van der Waals surface area contributed by atoms with E-state index in [0.29, 0.717) is 5.06 Å². The van der Waals surface area contributed by atoms with Gasteiger partial charge in [0.1, 0.15) is 0 Å². The summed E-state index contributed by atoms with van der Waals surface area (Å²) < 4.78 is 0.805. The third-order valence-electron chi connectivity index (χ3n) is 3.01. The van der Waals surface area contributed by atoms with Crippen LogP contribution in [0.2, 0.25) is 0 Å². The number of amides is 2. The lowest BCUT2D eigenvalue weighted by atomic mass is 10.1. The summed E-state index contributed by atoms with van der Waals surface area (Å²) in [6.45, 7) is 0. The van der Waals surface area contributed by atoms with Gasteiger partial charge in [0.2, 0.25) is 0 Å². The van der Waals surface area contributed by atoms with Crippen molar-refractivity contribution in [2.45, 2.75) is 0 Å². The van der Waals surface area contributed by atoms with Crippen molar-refractivity contribution in [2.75, 3.05) is 0 Å². The Morgan fingerprint density at radius 1 is 0.905 bits per heavy atom. The molecule has 0 N–H and O–H groups in total. The van der Waals surface area contributed by atoms with Gasteiger partial charge in [-0.3, -0.25) is 9.59 Å². The Bertz CT molecular complexity index is 720. The van der Waals surface area contributed by atoms with Gasteiger partial charge in [-0.2, -0.15) is 0 Å². The third kappa shape index (κ3) is 2.34. The smallest absolute Gasteiger partial charge is 0.324 e. The monoisotopic (exact) mass is 345 g/mol. The van der Waals surface area contributed by atoms with Gasteiger partial charge in [-0.1, -0.05) is 33.1 Å². The quantitative estimate of drug-likeness (QED) is 0.785. The molecule has 0 bridgehead atoms. The molecule has 0 aromatic heterocycles. The zero-order valence-electron chi connectivity index (χ0n) is 10.6. The number of nitrogens with zero attached hydrogens (tertiary/aromatic N) is 1. The normalized spacial score (nSPS) is 13.3. The molecule has 0 unspecified atom stereocenters. The molecule has 0 saturated carbocycles. The fourth-order valence-electron chi connectivity index (χ4n) is 1.97. The van der Waals surface area contributed by atoms with Crippen LogP contribution in [0, 0.1) is 0 Å². The predicted octanol–water partition coefficient (Wildman–Crippen LogP) is 2.82. The lowest BCUT2D eigenvalue weighted by Crippen LogP contribution is -2.32. The maximum absolute atomic E-state index is 12.0. The molecule has 0 atom stereocenters. The highest BCUT2D eigenvalue weighted by Crippen LogP contribution is 2.23. The van der Waals surface area contributed by atoms with Crippen molar-refractivity contribution in [3.63, 3.8) is 0 Å².